The number of methoxy groups -OCH3 is 1. The summed E-state index contributed by atoms with van der Waals surface area (Å²) in [6.07, 6.45) is -4.34. The van der Waals surface area contributed by atoms with Crippen molar-refractivity contribution in [1.29, 1.82) is 0 Å². The highest BCUT2D eigenvalue weighted by molar-refractivity contribution is 5.85. The van der Waals surface area contributed by atoms with Crippen LogP contribution in [0.4, 0.5) is 13.2 Å². The Morgan fingerprint density at radius 1 is 1.17 bits per heavy atom. The summed E-state index contributed by atoms with van der Waals surface area (Å²) in [4.78, 5) is 1.45. The van der Waals surface area contributed by atoms with Crippen molar-refractivity contribution in [1.82, 2.24) is 10.2 Å². The Morgan fingerprint density at radius 3 is 2.29 bits per heavy atom. The number of ether oxygens (including phenoxy) is 2. The molecule has 1 heterocycles. The zero-order valence-electron chi connectivity index (χ0n) is 13.6. The number of alkyl halides is 3. The van der Waals surface area contributed by atoms with Crippen LogP contribution in [0.5, 0.6) is 11.5 Å². The van der Waals surface area contributed by atoms with Gasteiger partial charge in [-0.3, -0.25) is 4.90 Å². The lowest BCUT2D eigenvalue weighted by atomic mass is 10.0. The first kappa shape index (κ1) is 23.1. The Morgan fingerprint density at radius 2 is 1.79 bits per heavy atom. The van der Waals surface area contributed by atoms with Crippen LogP contribution in [0, 0.1) is 0 Å². The summed E-state index contributed by atoms with van der Waals surface area (Å²) >= 11 is 0. The van der Waals surface area contributed by atoms with Crippen LogP contribution in [0.2, 0.25) is 0 Å². The summed E-state index contributed by atoms with van der Waals surface area (Å²) in [5.74, 6) is 0.777. The van der Waals surface area contributed by atoms with Gasteiger partial charge >= 0.3 is 6.18 Å². The Balaban J connectivity index is 0.00000264. The molecule has 1 aromatic rings. The third-order valence-electron chi connectivity index (χ3n) is 3.63. The minimum atomic E-state index is -4.34. The maximum absolute atomic E-state index is 13.6. The predicted octanol–water partition coefficient (Wildman–Crippen LogP) is 3.45. The molecule has 0 saturated carbocycles. The van der Waals surface area contributed by atoms with E-state index in [0.29, 0.717) is 44.3 Å². The Labute approximate surface area is 152 Å². The lowest BCUT2D eigenvalue weighted by molar-refractivity contribution is -0.187. The molecule has 1 fully saturated rings. The monoisotopic (exact) mass is 390 g/mol. The van der Waals surface area contributed by atoms with Gasteiger partial charge in [0.05, 0.1) is 13.7 Å². The van der Waals surface area contributed by atoms with Crippen LogP contribution < -0.4 is 14.8 Å². The highest BCUT2D eigenvalue weighted by atomic mass is 35.5. The third-order valence-corrected chi connectivity index (χ3v) is 3.63. The number of nitrogens with zero attached hydrogens (tertiary/aromatic N) is 1. The molecule has 140 valence electrons. The summed E-state index contributed by atoms with van der Waals surface area (Å²) in [6.45, 7) is 3.98. The largest absolute Gasteiger partial charge is 0.493 e. The van der Waals surface area contributed by atoms with Gasteiger partial charge in [-0.1, -0.05) is 6.07 Å². The molecule has 0 aromatic heterocycles. The molecule has 1 aliphatic rings. The van der Waals surface area contributed by atoms with Crippen molar-refractivity contribution in [3.8, 4) is 11.5 Å². The zero-order valence-corrected chi connectivity index (χ0v) is 15.2. The summed E-state index contributed by atoms with van der Waals surface area (Å²) in [6, 6.07) is 2.80. The minimum Gasteiger partial charge on any atom is -0.493 e. The van der Waals surface area contributed by atoms with Gasteiger partial charge in [-0.25, -0.2) is 0 Å². The Hall–Kier alpha value is -0.890. The molecule has 1 atom stereocenters. The van der Waals surface area contributed by atoms with Gasteiger partial charge in [0.2, 0.25) is 0 Å². The fourth-order valence-corrected chi connectivity index (χ4v) is 2.68. The molecule has 1 aromatic carbocycles. The molecule has 1 aliphatic heterocycles. The standard InChI is InChI=1S/C15H21F3N2O2.2ClH/c1-3-22-13-10-11(4-5-12(13)21-2)14(15(16,17)18)20-8-6-19-7-9-20;;/h4-5,10,14,19H,3,6-9H2,1-2H3;2*1H/t14-;;/m1../s1. The lowest BCUT2D eigenvalue weighted by Crippen LogP contribution is -2.49. The first-order chi connectivity index (χ1) is 10.5. The topological polar surface area (TPSA) is 33.7 Å². The van der Waals surface area contributed by atoms with E-state index < -0.39 is 12.2 Å². The van der Waals surface area contributed by atoms with Crippen LogP contribution >= 0.6 is 24.8 Å². The molecule has 1 saturated heterocycles. The lowest BCUT2D eigenvalue weighted by Gasteiger charge is -2.36. The van der Waals surface area contributed by atoms with E-state index in [1.165, 1.54) is 30.2 Å². The Bertz CT molecular complexity index is 498. The summed E-state index contributed by atoms with van der Waals surface area (Å²) in [7, 11) is 1.47. The van der Waals surface area contributed by atoms with Crippen LogP contribution in [0.25, 0.3) is 0 Å². The summed E-state index contributed by atoms with van der Waals surface area (Å²) < 4.78 is 51.2. The molecule has 0 amide bonds. The Kier molecular flexibility index (Phi) is 9.80. The molecule has 0 bridgehead atoms. The van der Waals surface area contributed by atoms with Gasteiger partial charge in [-0.05, 0) is 24.6 Å². The number of halogens is 5. The number of benzene rings is 1. The fraction of sp³-hybridized carbons (Fsp3) is 0.600. The van der Waals surface area contributed by atoms with E-state index in [1.807, 2.05) is 0 Å². The molecule has 9 heteroatoms. The highest BCUT2D eigenvalue weighted by Gasteiger charge is 2.45. The quantitative estimate of drug-likeness (QED) is 0.834. The van der Waals surface area contributed by atoms with Gasteiger partial charge in [0, 0.05) is 26.2 Å². The smallest absolute Gasteiger partial charge is 0.408 e. The number of rotatable bonds is 5. The molecule has 0 unspecified atom stereocenters. The minimum absolute atomic E-state index is 0. The number of piperazine rings is 1. The second kappa shape index (κ2) is 10.2. The van der Waals surface area contributed by atoms with Crippen molar-refractivity contribution >= 4 is 24.8 Å². The second-order valence-corrected chi connectivity index (χ2v) is 5.07. The van der Waals surface area contributed by atoms with Gasteiger partial charge in [0.25, 0.3) is 0 Å². The molecule has 0 spiro atoms. The zero-order chi connectivity index (χ0) is 16.2. The number of hydrogen-bond donors (Lipinski definition) is 1. The van der Waals surface area contributed by atoms with E-state index in [1.54, 1.807) is 6.92 Å². The highest BCUT2D eigenvalue weighted by Crippen LogP contribution is 2.40. The van der Waals surface area contributed by atoms with Crippen molar-refractivity contribution in [3.05, 3.63) is 23.8 Å². The average Bonchev–Trinajstić information content (AvgIpc) is 2.48. The summed E-state index contributed by atoms with van der Waals surface area (Å²) in [5, 5.41) is 3.07. The average molecular weight is 391 g/mol. The second-order valence-electron chi connectivity index (χ2n) is 5.07. The molecule has 24 heavy (non-hydrogen) atoms. The van der Waals surface area contributed by atoms with Crippen molar-refractivity contribution in [2.75, 3.05) is 39.9 Å². The van der Waals surface area contributed by atoms with Crippen LogP contribution in [-0.4, -0.2) is 51.0 Å². The van der Waals surface area contributed by atoms with Gasteiger partial charge in [0.15, 0.2) is 11.5 Å². The predicted molar refractivity (Wildman–Crippen MR) is 91.9 cm³/mol. The maximum Gasteiger partial charge on any atom is 0.408 e. The first-order valence-corrected chi connectivity index (χ1v) is 7.29. The molecule has 0 aliphatic carbocycles. The fourth-order valence-electron chi connectivity index (χ4n) is 2.68. The van der Waals surface area contributed by atoms with E-state index in [9.17, 15) is 13.2 Å². The van der Waals surface area contributed by atoms with Crippen molar-refractivity contribution in [2.45, 2.75) is 19.1 Å². The van der Waals surface area contributed by atoms with E-state index in [-0.39, 0.29) is 30.4 Å². The molecule has 4 nitrogen and oxygen atoms in total. The normalized spacial score (nSPS) is 16.5. The molecular weight excluding hydrogens is 368 g/mol. The van der Waals surface area contributed by atoms with Crippen molar-refractivity contribution < 1.29 is 22.6 Å². The summed E-state index contributed by atoms with van der Waals surface area (Å²) in [5.41, 5.74) is 0.179. The third kappa shape index (κ3) is 5.58. The first-order valence-electron chi connectivity index (χ1n) is 7.29. The molecule has 0 radical (unpaired) electrons. The van der Waals surface area contributed by atoms with E-state index >= 15 is 0 Å². The van der Waals surface area contributed by atoms with Crippen LogP contribution in [0.3, 0.4) is 0 Å². The number of hydrogen-bond acceptors (Lipinski definition) is 4. The maximum atomic E-state index is 13.6. The van der Waals surface area contributed by atoms with Crippen LogP contribution in [-0.2, 0) is 0 Å². The van der Waals surface area contributed by atoms with Crippen LogP contribution in [0.1, 0.15) is 18.5 Å². The van der Waals surface area contributed by atoms with Gasteiger partial charge in [-0.15, -0.1) is 24.8 Å². The van der Waals surface area contributed by atoms with E-state index in [4.69, 9.17) is 9.47 Å². The number of nitrogens with one attached hydrogen (secondary N) is 1. The van der Waals surface area contributed by atoms with Gasteiger partial charge in [0.1, 0.15) is 6.04 Å². The van der Waals surface area contributed by atoms with E-state index in [0.717, 1.165) is 0 Å². The molecular formula is C15H23Cl2F3N2O2. The van der Waals surface area contributed by atoms with Gasteiger partial charge in [-0.2, -0.15) is 13.2 Å². The van der Waals surface area contributed by atoms with Crippen molar-refractivity contribution in [3.63, 3.8) is 0 Å². The van der Waals surface area contributed by atoms with Crippen LogP contribution in [0.15, 0.2) is 18.2 Å². The van der Waals surface area contributed by atoms with E-state index in [2.05, 4.69) is 5.32 Å². The molecule has 1 N–H and O–H groups in total. The van der Waals surface area contributed by atoms with Crippen molar-refractivity contribution in [2.24, 2.45) is 0 Å². The van der Waals surface area contributed by atoms with Gasteiger partial charge < -0.3 is 14.8 Å². The molecule has 2 rings (SSSR count). The SMILES string of the molecule is CCOc1cc([C@@H](N2CCNCC2)C(F)(F)F)ccc1OC.Cl.Cl.